The summed E-state index contributed by atoms with van der Waals surface area (Å²) in [7, 11) is 0. The molecular weight excluding hydrogens is 390 g/mol. The van der Waals surface area contributed by atoms with Crippen molar-refractivity contribution in [3.63, 3.8) is 0 Å². The van der Waals surface area contributed by atoms with Crippen LogP contribution >= 0.6 is 0 Å². The number of benzene rings is 3. The number of hydrogen-bond donors (Lipinski definition) is 3. The molecule has 0 saturated carbocycles. The van der Waals surface area contributed by atoms with Crippen LogP contribution in [-0.2, 0) is 17.6 Å². The lowest BCUT2D eigenvalue weighted by Crippen LogP contribution is -2.01. The van der Waals surface area contributed by atoms with Gasteiger partial charge in [-0.3, -0.25) is 4.79 Å². The fraction of sp³-hybridized carbons (Fsp3) is 0.0833. The molecule has 154 valence electrons. The molecule has 0 fully saturated rings. The number of imidazole rings is 1. The van der Waals surface area contributed by atoms with E-state index in [1.165, 1.54) is 0 Å². The number of rotatable bonds is 4. The number of carboxylic acids is 1. The Labute approximate surface area is 178 Å². The molecule has 7 nitrogen and oxygen atoms in total. The Morgan fingerprint density at radius 3 is 2.48 bits per heavy atom. The number of nitrogens with one attached hydrogen (secondary N) is 1. The lowest BCUT2D eigenvalue weighted by Gasteiger charge is -2.02. The van der Waals surface area contributed by atoms with Crippen LogP contribution < -0.4 is 5.73 Å². The summed E-state index contributed by atoms with van der Waals surface area (Å²) in [6.07, 6.45) is 2.32. The maximum absolute atomic E-state index is 10.6. The van der Waals surface area contributed by atoms with Gasteiger partial charge in [-0.2, -0.15) is 0 Å². The maximum Gasteiger partial charge on any atom is 0.307 e. The molecule has 0 radical (unpaired) electrons. The quantitative estimate of drug-likeness (QED) is 0.411. The van der Waals surface area contributed by atoms with Crippen molar-refractivity contribution >= 4 is 33.7 Å². The van der Waals surface area contributed by atoms with Crippen molar-refractivity contribution in [2.45, 2.75) is 12.8 Å². The molecule has 4 N–H and O–H groups in total. The summed E-state index contributed by atoms with van der Waals surface area (Å²) in [5.74, 6) is 0.341. The summed E-state index contributed by atoms with van der Waals surface area (Å²) in [6, 6.07) is 23.6. The molecule has 7 heteroatoms. The molecule has 2 aromatic heterocycles. The normalized spacial score (nSPS) is 10.6. The second kappa shape index (κ2) is 9.04. The van der Waals surface area contributed by atoms with Crippen LogP contribution in [0.5, 0.6) is 0 Å². The number of H-pyrrole nitrogens is 1. The van der Waals surface area contributed by atoms with Gasteiger partial charge in [-0.1, -0.05) is 72.8 Å². The van der Waals surface area contributed by atoms with Crippen molar-refractivity contribution in [3.8, 4) is 0 Å². The second-order valence-electron chi connectivity index (χ2n) is 7.00. The van der Waals surface area contributed by atoms with Crippen LogP contribution in [0.15, 0.2) is 79.1 Å². The molecule has 0 unspecified atom stereocenters. The van der Waals surface area contributed by atoms with Crippen LogP contribution in [0.25, 0.3) is 21.9 Å². The van der Waals surface area contributed by atoms with E-state index in [2.05, 4.69) is 19.9 Å². The number of anilines is 1. The minimum absolute atomic E-state index is 0.0847. The number of nitrogens with zero attached hydrogens (tertiary/aromatic N) is 3. The van der Waals surface area contributed by atoms with Gasteiger partial charge in [-0.25, -0.2) is 15.0 Å². The molecule has 3 aromatic carbocycles. The summed E-state index contributed by atoms with van der Waals surface area (Å²) < 4.78 is 0. The van der Waals surface area contributed by atoms with Gasteiger partial charge in [0, 0.05) is 6.42 Å². The molecule has 0 aliphatic rings. The van der Waals surface area contributed by atoms with E-state index in [9.17, 15) is 4.79 Å². The SMILES string of the molecule is Nc1nc(Cc2ccccc2)nc2nc[nH]c12.O=C(O)Cc1cccc2ccccc12. The molecule has 0 aliphatic heterocycles. The molecule has 0 aliphatic carbocycles. The fourth-order valence-electron chi connectivity index (χ4n) is 3.37. The van der Waals surface area contributed by atoms with Gasteiger partial charge < -0.3 is 15.8 Å². The van der Waals surface area contributed by atoms with Crippen molar-refractivity contribution in [1.29, 1.82) is 0 Å². The van der Waals surface area contributed by atoms with E-state index in [1.54, 1.807) is 6.33 Å². The van der Waals surface area contributed by atoms with E-state index in [0.717, 1.165) is 21.9 Å². The molecule has 0 spiro atoms. The number of hydrogen-bond acceptors (Lipinski definition) is 5. The largest absolute Gasteiger partial charge is 0.481 e. The lowest BCUT2D eigenvalue weighted by atomic mass is 10.0. The monoisotopic (exact) mass is 411 g/mol. The van der Waals surface area contributed by atoms with E-state index in [-0.39, 0.29) is 6.42 Å². The molecule has 2 heterocycles. The van der Waals surface area contributed by atoms with E-state index in [4.69, 9.17) is 10.8 Å². The van der Waals surface area contributed by atoms with Crippen molar-refractivity contribution in [2.24, 2.45) is 0 Å². The van der Waals surface area contributed by atoms with Crippen LogP contribution in [-0.4, -0.2) is 31.0 Å². The number of carbonyl (C=O) groups is 1. The number of nitrogen functional groups attached to an aromatic ring is 1. The fourth-order valence-corrected chi connectivity index (χ4v) is 3.37. The molecular formula is C24H21N5O2. The predicted molar refractivity (Wildman–Crippen MR) is 121 cm³/mol. The summed E-state index contributed by atoms with van der Waals surface area (Å²) in [5.41, 5.74) is 9.17. The number of nitrogens with two attached hydrogens (primary N) is 1. The highest BCUT2D eigenvalue weighted by Gasteiger charge is 2.07. The van der Waals surface area contributed by atoms with Crippen molar-refractivity contribution in [1.82, 2.24) is 19.9 Å². The molecule has 5 aromatic rings. The predicted octanol–water partition coefficient (Wildman–Crippen LogP) is 3.99. The average Bonchev–Trinajstić information content (AvgIpc) is 3.24. The van der Waals surface area contributed by atoms with Crippen LogP contribution in [0.2, 0.25) is 0 Å². The third-order valence-electron chi connectivity index (χ3n) is 4.79. The van der Waals surface area contributed by atoms with Crippen molar-refractivity contribution in [3.05, 3.63) is 96.1 Å². The smallest absolute Gasteiger partial charge is 0.307 e. The molecule has 0 bridgehead atoms. The highest BCUT2D eigenvalue weighted by Crippen LogP contribution is 2.18. The number of carboxylic acid groups (broad SMARTS) is 1. The van der Waals surface area contributed by atoms with E-state index < -0.39 is 5.97 Å². The van der Waals surface area contributed by atoms with Crippen molar-refractivity contribution < 1.29 is 9.90 Å². The Bertz CT molecular complexity index is 1330. The molecule has 5 rings (SSSR count). The Hall–Kier alpha value is -4.26. The Morgan fingerprint density at radius 1 is 0.935 bits per heavy atom. The highest BCUT2D eigenvalue weighted by atomic mass is 16.4. The van der Waals surface area contributed by atoms with Gasteiger partial charge in [0.05, 0.1) is 12.7 Å². The summed E-state index contributed by atoms with van der Waals surface area (Å²) >= 11 is 0. The first kappa shape index (κ1) is 20.0. The number of aromatic nitrogens is 4. The Morgan fingerprint density at radius 2 is 1.68 bits per heavy atom. The first-order valence-electron chi connectivity index (χ1n) is 9.78. The highest BCUT2D eigenvalue weighted by molar-refractivity contribution is 5.88. The molecule has 0 saturated heterocycles. The summed E-state index contributed by atoms with van der Waals surface area (Å²) in [5, 5.41) is 10.8. The van der Waals surface area contributed by atoms with Gasteiger partial charge in [0.1, 0.15) is 11.3 Å². The molecule has 0 amide bonds. The Balaban J connectivity index is 0.000000152. The Kier molecular flexibility index (Phi) is 5.84. The van der Waals surface area contributed by atoms with Gasteiger partial charge in [0.15, 0.2) is 11.5 Å². The van der Waals surface area contributed by atoms with Crippen LogP contribution in [0, 0.1) is 0 Å². The zero-order valence-corrected chi connectivity index (χ0v) is 16.7. The molecule has 0 atom stereocenters. The third kappa shape index (κ3) is 4.84. The van der Waals surface area contributed by atoms with E-state index in [0.29, 0.717) is 29.2 Å². The summed E-state index contributed by atoms with van der Waals surface area (Å²) in [4.78, 5) is 26.2. The van der Waals surface area contributed by atoms with E-state index >= 15 is 0 Å². The number of fused-ring (bicyclic) bond motifs is 2. The maximum atomic E-state index is 10.6. The van der Waals surface area contributed by atoms with Gasteiger partial charge in [0.25, 0.3) is 0 Å². The van der Waals surface area contributed by atoms with Gasteiger partial charge >= 0.3 is 5.97 Å². The number of aromatic amines is 1. The van der Waals surface area contributed by atoms with Gasteiger partial charge in [-0.15, -0.1) is 0 Å². The first-order valence-corrected chi connectivity index (χ1v) is 9.78. The summed E-state index contributed by atoms with van der Waals surface area (Å²) in [6.45, 7) is 0. The standard InChI is InChI=1S/C12H11N5.C12H10O2/c13-11-10-12(15-7-14-10)17-9(16-11)6-8-4-2-1-3-5-8;13-12(14)8-10-6-3-5-9-4-1-2-7-11(9)10/h1-5,7H,6H2,(H3,13,14,15,16,17);1-7H,8H2,(H,13,14). The lowest BCUT2D eigenvalue weighted by molar-refractivity contribution is -0.136. The van der Waals surface area contributed by atoms with Crippen LogP contribution in [0.3, 0.4) is 0 Å². The first-order chi connectivity index (χ1) is 15.1. The topological polar surface area (TPSA) is 118 Å². The van der Waals surface area contributed by atoms with Crippen LogP contribution in [0.4, 0.5) is 5.82 Å². The van der Waals surface area contributed by atoms with Gasteiger partial charge in [-0.05, 0) is 21.9 Å². The minimum atomic E-state index is -0.790. The minimum Gasteiger partial charge on any atom is -0.481 e. The zero-order valence-electron chi connectivity index (χ0n) is 16.7. The van der Waals surface area contributed by atoms with Gasteiger partial charge in [0.2, 0.25) is 0 Å². The average molecular weight is 411 g/mol. The zero-order chi connectivity index (χ0) is 21.6. The second-order valence-corrected chi connectivity index (χ2v) is 7.00. The van der Waals surface area contributed by atoms with Crippen LogP contribution in [0.1, 0.15) is 17.0 Å². The van der Waals surface area contributed by atoms with E-state index in [1.807, 2.05) is 72.8 Å². The van der Waals surface area contributed by atoms with Crippen molar-refractivity contribution in [2.75, 3.05) is 5.73 Å². The molecule has 31 heavy (non-hydrogen) atoms. The number of aliphatic carboxylic acids is 1. The third-order valence-corrected chi connectivity index (χ3v) is 4.79.